The van der Waals surface area contributed by atoms with Crippen molar-refractivity contribution in [3.63, 3.8) is 0 Å². The Bertz CT molecular complexity index is 340. The number of ether oxygens (including phenoxy) is 1. The number of carbonyl (C=O) groups excluding carboxylic acids is 3. The van der Waals surface area contributed by atoms with Gasteiger partial charge in [-0.05, 0) is 18.3 Å². The van der Waals surface area contributed by atoms with Gasteiger partial charge in [0.25, 0.3) is 0 Å². The summed E-state index contributed by atoms with van der Waals surface area (Å²) < 4.78 is 4.50. The molecule has 3 N–H and O–H groups in total. The summed E-state index contributed by atoms with van der Waals surface area (Å²) in [5.74, 6) is -1.78. The summed E-state index contributed by atoms with van der Waals surface area (Å²) in [4.78, 5) is 34.3. The highest BCUT2D eigenvalue weighted by molar-refractivity contribution is 5.91. The maximum Gasteiger partial charge on any atom is 0.336 e. The minimum absolute atomic E-state index is 0.193. The van der Waals surface area contributed by atoms with Gasteiger partial charge in [-0.25, -0.2) is 4.79 Å². The number of hydrogen-bond acceptors (Lipinski definition) is 5. The number of hydrogen-bond donors (Lipinski definition) is 2. The fourth-order valence-electron chi connectivity index (χ4n) is 1.58. The second kappa shape index (κ2) is 7.89. The molecule has 0 saturated carbocycles. The average Bonchev–Trinajstić information content (AvgIpc) is 2.22. The lowest BCUT2D eigenvalue weighted by Gasteiger charge is -2.22. The van der Waals surface area contributed by atoms with E-state index in [9.17, 15) is 14.4 Å². The molecule has 0 unspecified atom stereocenters. The maximum absolute atomic E-state index is 11.9. The third-order valence-corrected chi connectivity index (χ3v) is 2.52. The highest BCUT2D eigenvalue weighted by Crippen LogP contribution is 2.07. The first-order valence-electron chi connectivity index (χ1n) is 6.43. The van der Waals surface area contributed by atoms with Gasteiger partial charge in [-0.15, -0.1) is 0 Å². The van der Waals surface area contributed by atoms with Crippen LogP contribution in [0.15, 0.2) is 0 Å². The first-order valence-corrected chi connectivity index (χ1v) is 6.43. The van der Waals surface area contributed by atoms with Gasteiger partial charge in [0.1, 0.15) is 6.04 Å². The molecule has 0 aromatic heterocycles. The van der Waals surface area contributed by atoms with Gasteiger partial charge in [0.05, 0.1) is 6.04 Å². The van der Waals surface area contributed by atoms with Crippen LogP contribution in [0.5, 0.6) is 0 Å². The maximum atomic E-state index is 11.9. The van der Waals surface area contributed by atoms with Crippen molar-refractivity contribution in [1.29, 1.82) is 0 Å². The van der Waals surface area contributed by atoms with Crippen LogP contribution >= 0.6 is 0 Å². The Kier molecular flexibility index (Phi) is 7.29. The van der Waals surface area contributed by atoms with Crippen molar-refractivity contribution in [1.82, 2.24) is 5.32 Å². The van der Waals surface area contributed by atoms with E-state index in [1.165, 1.54) is 0 Å². The molecule has 0 aliphatic rings. The number of amides is 1. The molecule has 0 aromatic carbocycles. The smallest absolute Gasteiger partial charge is 0.336 e. The third kappa shape index (κ3) is 6.91. The molecule has 0 aliphatic carbocycles. The fraction of sp³-hybridized carbons (Fsp3) is 0.769. The molecule has 1 amide bonds. The molecule has 0 bridgehead atoms. The van der Waals surface area contributed by atoms with Gasteiger partial charge in [-0.2, -0.15) is 0 Å². The minimum Gasteiger partial charge on any atom is -0.392 e. The zero-order valence-electron chi connectivity index (χ0n) is 12.2. The van der Waals surface area contributed by atoms with Gasteiger partial charge in [0, 0.05) is 6.92 Å². The van der Waals surface area contributed by atoms with E-state index in [-0.39, 0.29) is 11.8 Å². The van der Waals surface area contributed by atoms with Crippen molar-refractivity contribution in [2.45, 2.75) is 53.1 Å². The van der Waals surface area contributed by atoms with E-state index < -0.39 is 29.9 Å². The Hall–Kier alpha value is -1.43. The number of nitrogens with two attached hydrogens (primary N) is 1. The second-order valence-corrected chi connectivity index (χ2v) is 5.38. The molecule has 0 fully saturated rings. The molecule has 2 atom stereocenters. The van der Waals surface area contributed by atoms with Crippen LogP contribution in [0.2, 0.25) is 0 Å². The summed E-state index contributed by atoms with van der Waals surface area (Å²) in [5.41, 5.74) is 5.74. The quantitative estimate of drug-likeness (QED) is 0.544. The number of carbonyl (C=O) groups is 3. The predicted octanol–water partition coefficient (Wildman–Crippen LogP) is 0.590. The first kappa shape index (κ1) is 17.6. The van der Waals surface area contributed by atoms with Crippen LogP contribution in [-0.2, 0) is 19.1 Å². The van der Waals surface area contributed by atoms with E-state index in [0.29, 0.717) is 6.42 Å². The average molecular weight is 272 g/mol. The van der Waals surface area contributed by atoms with Crippen molar-refractivity contribution in [3.05, 3.63) is 0 Å². The molecule has 6 heteroatoms. The molecule has 6 nitrogen and oxygen atoms in total. The number of esters is 2. The van der Waals surface area contributed by atoms with Crippen molar-refractivity contribution in [2.75, 3.05) is 0 Å². The predicted molar refractivity (Wildman–Crippen MR) is 71.0 cm³/mol. The number of rotatable bonds is 6. The van der Waals surface area contributed by atoms with E-state index >= 15 is 0 Å². The molecule has 19 heavy (non-hydrogen) atoms. The highest BCUT2D eigenvalue weighted by atomic mass is 16.6. The summed E-state index contributed by atoms with van der Waals surface area (Å²) in [6, 6.07) is -1.54. The molecular formula is C13H24N2O4. The van der Waals surface area contributed by atoms with Gasteiger partial charge in [-0.1, -0.05) is 27.7 Å². The molecule has 0 aromatic rings. The molecule has 0 rings (SSSR count). The van der Waals surface area contributed by atoms with Crippen LogP contribution < -0.4 is 11.1 Å². The van der Waals surface area contributed by atoms with Gasteiger partial charge in [0.15, 0.2) is 0 Å². The van der Waals surface area contributed by atoms with Crippen LogP contribution in [0.25, 0.3) is 0 Å². The molecule has 0 saturated heterocycles. The van der Waals surface area contributed by atoms with Crippen LogP contribution in [0.1, 0.15) is 41.0 Å². The van der Waals surface area contributed by atoms with Crippen molar-refractivity contribution in [3.8, 4) is 0 Å². The van der Waals surface area contributed by atoms with Crippen LogP contribution in [-0.4, -0.2) is 29.9 Å². The first-order chi connectivity index (χ1) is 8.65. The molecule has 0 heterocycles. The van der Waals surface area contributed by atoms with Crippen LogP contribution in [0.4, 0.5) is 0 Å². The van der Waals surface area contributed by atoms with Crippen molar-refractivity contribution in [2.24, 2.45) is 17.6 Å². The van der Waals surface area contributed by atoms with Crippen LogP contribution in [0, 0.1) is 11.8 Å². The normalized spacial score (nSPS) is 14.1. The second-order valence-electron chi connectivity index (χ2n) is 5.38. The lowest BCUT2D eigenvalue weighted by molar-refractivity contribution is -0.161. The Balaban J connectivity index is 4.62. The summed E-state index contributed by atoms with van der Waals surface area (Å²) >= 11 is 0. The topological polar surface area (TPSA) is 98.5 Å². The summed E-state index contributed by atoms with van der Waals surface area (Å²) in [6.45, 7) is 8.55. The van der Waals surface area contributed by atoms with Gasteiger partial charge < -0.3 is 15.8 Å². The zero-order chi connectivity index (χ0) is 15.2. The van der Waals surface area contributed by atoms with Gasteiger partial charge in [0.2, 0.25) is 5.91 Å². The molecular weight excluding hydrogens is 248 g/mol. The third-order valence-electron chi connectivity index (χ3n) is 2.52. The van der Waals surface area contributed by atoms with E-state index in [2.05, 4.69) is 10.1 Å². The van der Waals surface area contributed by atoms with Gasteiger partial charge in [-0.3, -0.25) is 9.59 Å². The molecule has 0 aliphatic heterocycles. The SMILES string of the molecule is CC(=O)OC(=O)[C@H](NC(=O)[C@H](N)CC(C)C)C(C)C. The Morgan fingerprint density at radius 1 is 1.16 bits per heavy atom. The summed E-state index contributed by atoms with van der Waals surface area (Å²) in [7, 11) is 0. The summed E-state index contributed by atoms with van der Waals surface area (Å²) in [6.07, 6.45) is 0.526. The van der Waals surface area contributed by atoms with Gasteiger partial charge >= 0.3 is 11.9 Å². The lowest BCUT2D eigenvalue weighted by atomic mass is 10.0. The standard InChI is InChI=1S/C13H24N2O4/c1-7(2)6-10(14)12(17)15-11(8(3)4)13(18)19-9(5)16/h7-8,10-11H,6,14H2,1-5H3,(H,15,17)/t10-,11-/m1/s1. The Morgan fingerprint density at radius 3 is 2.05 bits per heavy atom. The Morgan fingerprint density at radius 2 is 1.68 bits per heavy atom. The van der Waals surface area contributed by atoms with E-state index in [4.69, 9.17) is 5.73 Å². The minimum atomic E-state index is -0.866. The molecule has 0 radical (unpaired) electrons. The van der Waals surface area contributed by atoms with E-state index in [1.54, 1.807) is 13.8 Å². The van der Waals surface area contributed by atoms with Crippen molar-refractivity contribution < 1.29 is 19.1 Å². The number of nitrogens with one attached hydrogen (secondary N) is 1. The Labute approximate surface area is 114 Å². The monoisotopic (exact) mass is 272 g/mol. The van der Waals surface area contributed by atoms with E-state index in [1.807, 2.05) is 13.8 Å². The molecule has 110 valence electrons. The zero-order valence-corrected chi connectivity index (χ0v) is 12.2. The largest absolute Gasteiger partial charge is 0.392 e. The molecule has 0 spiro atoms. The highest BCUT2D eigenvalue weighted by Gasteiger charge is 2.28. The van der Waals surface area contributed by atoms with E-state index in [0.717, 1.165) is 6.92 Å². The lowest BCUT2D eigenvalue weighted by Crippen LogP contribution is -2.51. The van der Waals surface area contributed by atoms with Crippen molar-refractivity contribution >= 4 is 17.8 Å². The van der Waals surface area contributed by atoms with Crippen LogP contribution in [0.3, 0.4) is 0 Å². The summed E-state index contributed by atoms with van der Waals surface area (Å²) in [5, 5.41) is 2.54. The fourth-order valence-corrected chi connectivity index (χ4v) is 1.58.